The van der Waals surface area contributed by atoms with Crippen LogP contribution in [0.2, 0.25) is 0 Å². The second kappa shape index (κ2) is 15.8. The van der Waals surface area contributed by atoms with Crippen LogP contribution in [0.15, 0.2) is 216 Å². The molecule has 0 aliphatic rings. The maximum absolute atomic E-state index is 6.32. The lowest BCUT2D eigenvalue weighted by molar-refractivity contribution is 0.668. The highest BCUT2D eigenvalue weighted by atomic mass is 16.3. The largest absolute Gasteiger partial charge is 0.456 e. The Kier molecular flexibility index (Phi) is 9.12. The van der Waals surface area contributed by atoms with Crippen molar-refractivity contribution >= 4 is 77.8 Å². The number of allylic oxidation sites excluding steroid dienone is 1. The van der Waals surface area contributed by atoms with Crippen molar-refractivity contribution in [1.29, 1.82) is 0 Å². The highest BCUT2D eigenvalue weighted by Crippen LogP contribution is 2.43. The molecule has 9 aromatic carbocycles. The van der Waals surface area contributed by atoms with Crippen LogP contribution >= 0.6 is 0 Å². The molecule has 4 aromatic heterocycles. The van der Waals surface area contributed by atoms with Gasteiger partial charge in [0.05, 0.1) is 11.0 Å². The van der Waals surface area contributed by atoms with Crippen LogP contribution in [0.25, 0.3) is 140 Å². The van der Waals surface area contributed by atoms with E-state index in [2.05, 4.69) is 158 Å². The number of para-hydroxylation sites is 3. The van der Waals surface area contributed by atoms with Crippen LogP contribution in [0.4, 0.5) is 0 Å². The highest BCUT2D eigenvalue weighted by Gasteiger charge is 2.21. The highest BCUT2D eigenvalue weighted by molar-refractivity contribution is 6.17. The summed E-state index contributed by atoms with van der Waals surface area (Å²) in [5.41, 5.74) is 15.9. The van der Waals surface area contributed by atoms with E-state index in [-0.39, 0.29) is 0 Å². The number of aromatic nitrogens is 4. The zero-order valence-electron chi connectivity index (χ0n) is 37.0. The number of hydrogen-bond donors (Lipinski definition) is 0. The van der Waals surface area contributed by atoms with Crippen molar-refractivity contribution in [3.8, 4) is 62.1 Å². The van der Waals surface area contributed by atoms with Gasteiger partial charge < -0.3 is 13.4 Å². The van der Waals surface area contributed by atoms with E-state index in [9.17, 15) is 0 Å². The first kappa shape index (κ1) is 39.3. The fraction of sp³-hybridized carbons (Fsp3) is 0.0161. The molecule has 0 aliphatic carbocycles. The quantitative estimate of drug-likeness (QED) is 0.152. The fourth-order valence-corrected chi connectivity index (χ4v) is 9.99. The molecule has 6 heteroatoms. The van der Waals surface area contributed by atoms with Crippen molar-refractivity contribution < 1.29 is 8.83 Å². The minimum atomic E-state index is 0.570. The summed E-state index contributed by atoms with van der Waals surface area (Å²) in [6.07, 6.45) is 6.22. The van der Waals surface area contributed by atoms with Gasteiger partial charge >= 0.3 is 0 Å². The molecule has 0 aliphatic heterocycles. The number of benzene rings is 9. The summed E-state index contributed by atoms with van der Waals surface area (Å²) in [6, 6.07) is 67.5. The van der Waals surface area contributed by atoms with Crippen LogP contribution < -0.4 is 0 Å². The Morgan fingerprint density at radius 3 is 1.66 bits per heavy atom. The first-order valence-electron chi connectivity index (χ1n) is 22.8. The van der Waals surface area contributed by atoms with Crippen molar-refractivity contribution in [3.05, 3.63) is 218 Å². The van der Waals surface area contributed by atoms with E-state index < -0.39 is 0 Å². The van der Waals surface area contributed by atoms with E-state index in [1.165, 1.54) is 0 Å². The molecule has 0 atom stereocenters. The van der Waals surface area contributed by atoms with Gasteiger partial charge in [-0.15, -0.1) is 0 Å². The van der Waals surface area contributed by atoms with Crippen molar-refractivity contribution in [2.75, 3.05) is 0 Å². The maximum atomic E-state index is 6.32. The van der Waals surface area contributed by atoms with Crippen LogP contribution in [-0.2, 0) is 0 Å². The topological polar surface area (TPSA) is 69.9 Å². The van der Waals surface area contributed by atoms with Gasteiger partial charge in [-0.05, 0) is 108 Å². The van der Waals surface area contributed by atoms with Gasteiger partial charge in [-0.3, -0.25) is 0 Å². The lowest BCUT2D eigenvalue weighted by atomic mass is 9.95. The maximum Gasteiger partial charge on any atom is 0.164 e. The SMILES string of the molecule is C=Cc1c(/C=C\C)ccc2c1c1cccc(-c3cccc(-c4ccc5c(c4)oc4ccccc45)c3)c1n2-c1ccc(-c2nc(-c3ccccc3)nc(-c3ccc4c(c3)oc3ccccc34)n2)cc1. The Bertz CT molecular complexity index is 4170. The average Bonchev–Trinajstić information content (AvgIpc) is 4.08. The van der Waals surface area contributed by atoms with Crippen LogP contribution in [-0.4, -0.2) is 19.5 Å². The molecule has 0 radical (unpaired) electrons. The van der Waals surface area contributed by atoms with E-state index >= 15 is 0 Å². The molecule has 13 rings (SSSR count). The standard InChI is InChI=1S/C62H40N4O2/c1-3-14-38-29-34-53-58(46(38)4-2)52-22-13-21-47(43-18-12-17-41(35-43)42-27-32-50-48-19-8-10-23-54(48)67-56(50)36-42)59(52)66(53)45-30-25-40(26-31-45)61-63-60(39-15-6-5-7-16-39)64-62(65-61)44-28-33-51-49-20-9-11-24-55(49)68-57(51)37-44/h3-37H,2H2,1H3/b14-3-. The van der Waals surface area contributed by atoms with Crippen molar-refractivity contribution in [2.45, 2.75) is 6.92 Å². The zero-order valence-corrected chi connectivity index (χ0v) is 37.0. The molecule has 320 valence electrons. The predicted molar refractivity (Wildman–Crippen MR) is 281 cm³/mol. The van der Waals surface area contributed by atoms with Gasteiger partial charge in [-0.25, -0.2) is 15.0 Å². The average molecular weight is 873 g/mol. The predicted octanol–water partition coefficient (Wildman–Crippen LogP) is 16.8. The summed E-state index contributed by atoms with van der Waals surface area (Å²) < 4.78 is 15.0. The molecular weight excluding hydrogens is 833 g/mol. The Balaban J connectivity index is 0.963. The minimum absolute atomic E-state index is 0.570. The molecule has 0 amide bonds. The van der Waals surface area contributed by atoms with Gasteiger partial charge in [0.15, 0.2) is 17.5 Å². The van der Waals surface area contributed by atoms with Crippen LogP contribution in [0.1, 0.15) is 18.1 Å². The van der Waals surface area contributed by atoms with Gasteiger partial charge in [-0.2, -0.15) is 0 Å². The molecule has 0 bridgehead atoms. The molecule has 0 saturated carbocycles. The molecule has 6 nitrogen and oxygen atoms in total. The molecule has 68 heavy (non-hydrogen) atoms. The Morgan fingerprint density at radius 1 is 0.441 bits per heavy atom. The molecule has 4 heterocycles. The van der Waals surface area contributed by atoms with Crippen LogP contribution in [0, 0.1) is 0 Å². The summed E-state index contributed by atoms with van der Waals surface area (Å²) in [6.45, 7) is 6.38. The molecule has 0 saturated heterocycles. The third-order valence-corrected chi connectivity index (χ3v) is 13.2. The van der Waals surface area contributed by atoms with E-state index in [1.54, 1.807) is 0 Å². The Morgan fingerprint density at radius 2 is 0.971 bits per heavy atom. The molecule has 13 aromatic rings. The minimum Gasteiger partial charge on any atom is -0.456 e. The summed E-state index contributed by atoms with van der Waals surface area (Å²) >= 11 is 0. The number of furan rings is 2. The van der Waals surface area contributed by atoms with E-state index in [1.807, 2.05) is 72.8 Å². The normalized spacial score (nSPS) is 11.9. The van der Waals surface area contributed by atoms with E-state index in [4.69, 9.17) is 23.8 Å². The van der Waals surface area contributed by atoms with Crippen LogP contribution in [0.3, 0.4) is 0 Å². The van der Waals surface area contributed by atoms with Gasteiger partial charge in [0.25, 0.3) is 0 Å². The lowest BCUT2D eigenvalue weighted by Crippen LogP contribution is -2.01. The Hall–Kier alpha value is -9.13. The van der Waals surface area contributed by atoms with Crippen LogP contribution in [0.5, 0.6) is 0 Å². The number of hydrogen-bond acceptors (Lipinski definition) is 5. The molecule has 0 fully saturated rings. The van der Waals surface area contributed by atoms with Gasteiger partial charge in [0.2, 0.25) is 0 Å². The first-order chi connectivity index (χ1) is 33.6. The second-order valence-corrected chi connectivity index (χ2v) is 17.1. The van der Waals surface area contributed by atoms with Crippen molar-refractivity contribution in [2.24, 2.45) is 0 Å². The summed E-state index contributed by atoms with van der Waals surface area (Å²) in [4.78, 5) is 15.2. The molecule has 0 unspecified atom stereocenters. The van der Waals surface area contributed by atoms with Gasteiger partial charge in [-0.1, -0.05) is 146 Å². The molecule has 0 N–H and O–H groups in total. The summed E-state index contributed by atoms with van der Waals surface area (Å²) in [7, 11) is 0. The van der Waals surface area contributed by atoms with Crippen molar-refractivity contribution in [3.63, 3.8) is 0 Å². The smallest absolute Gasteiger partial charge is 0.164 e. The second-order valence-electron chi connectivity index (χ2n) is 17.1. The van der Waals surface area contributed by atoms with Gasteiger partial charge in [0, 0.05) is 60.3 Å². The molecule has 0 spiro atoms. The van der Waals surface area contributed by atoms with E-state index in [0.29, 0.717) is 17.5 Å². The number of fused-ring (bicyclic) bond motifs is 9. The van der Waals surface area contributed by atoms with Gasteiger partial charge in [0.1, 0.15) is 22.3 Å². The third-order valence-electron chi connectivity index (χ3n) is 13.2. The molecular formula is C62H40N4O2. The Labute approximate surface area is 391 Å². The summed E-state index contributed by atoms with van der Waals surface area (Å²) in [5.74, 6) is 1.75. The monoisotopic (exact) mass is 872 g/mol. The third kappa shape index (κ3) is 6.38. The summed E-state index contributed by atoms with van der Waals surface area (Å²) in [5, 5.41) is 6.67. The zero-order chi connectivity index (χ0) is 45.3. The number of rotatable bonds is 8. The lowest BCUT2D eigenvalue weighted by Gasteiger charge is -2.14. The van der Waals surface area contributed by atoms with E-state index in [0.717, 1.165) is 121 Å². The first-order valence-corrected chi connectivity index (χ1v) is 22.8. The van der Waals surface area contributed by atoms with Crippen molar-refractivity contribution in [1.82, 2.24) is 19.5 Å². The fourth-order valence-electron chi connectivity index (χ4n) is 9.99. The number of nitrogens with zero attached hydrogens (tertiary/aromatic N) is 4.